The third-order valence-electron chi connectivity index (χ3n) is 5.01. The molecule has 0 radical (unpaired) electrons. The fourth-order valence-electron chi connectivity index (χ4n) is 2.84. The van der Waals surface area contributed by atoms with Crippen LogP contribution in [0.1, 0.15) is 118 Å². The zero-order valence-corrected chi connectivity index (χ0v) is 15.6. The van der Waals surface area contributed by atoms with E-state index >= 15 is 0 Å². The molecule has 1 heteroatoms. The van der Waals surface area contributed by atoms with E-state index in [1.165, 1.54) is 89.9 Å². The Morgan fingerprint density at radius 2 is 1.00 bits per heavy atom. The van der Waals surface area contributed by atoms with Gasteiger partial charge in [0.05, 0.1) is 0 Å². The van der Waals surface area contributed by atoms with E-state index in [1.54, 1.807) is 0 Å². The summed E-state index contributed by atoms with van der Waals surface area (Å²) in [6.07, 6.45) is 19.9. The first kappa shape index (κ1) is 21.0. The van der Waals surface area contributed by atoms with Gasteiger partial charge in [0.25, 0.3) is 0 Å². The zero-order chi connectivity index (χ0) is 16.0. The number of hydrogen-bond donors (Lipinski definition) is 1. The van der Waals surface area contributed by atoms with Gasteiger partial charge in [0, 0.05) is 5.54 Å². The second-order valence-corrected chi connectivity index (χ2v) is 7.75. The Kier molecular flexibility index (Phi) is 13.6. The van der Waals surface area contributed by atoms with Crippen LogP contribution in [0.5, 0.6) is 0 Å². The zero-order valence-electron chi connectivity index (χ0n) is 15.6. The lowest BCUT2D eigenvalue weighted by Gasteiger charge is -2.27. The van der Waals surface area contributed by atoms with Crippen molar-refractivity contribution in [2.45, 2.75) is 123 Å². The molecule has 0 aromatic carbocycles. The van der Waals surface area contributed by atoms with E-state index in [9.17, 15) is 0 Å². The van der Waals surface area contributed by atoms with Gasteiger partial charge in [-0.1, -0.05) is 97.3 Å². The van der Waals surface area contributed by atoms with Crippen molar-refractivity contribution in [3.63, 3.8) is 0 Å². The van der Waals surface area contributed by atoms with E-state index in [0.717, 1.165) is 0 Å². The van der Waals surface area contributed by atoms with E-state index in [-0.39, 0.29) is 5.54 Å². The standard InChI is InChI=1S/C20H43N/c1-5-6-7-8-9-10-11-12-13-14-15-16-17-18-19(2)20(3,4)21/h19H,5-18,21H2,1-4H3. The third kappa shape index (κ3) is 14.7. The maximum Gasteiger partial charge on any atom is 0.0123 e. The molecule has 0 aliphatic carbocycles. The van der Waals surface area contributed by atoms with Crippen LogP contribution in [0.25, 0.3) is 0 Å². The summed E-state index contributed by atoms with van der Waals surface area (Å²) in [5.74, 6) is 0.644. The molecule has 0 saturated heterocycles. The highest BCUT2D eigenvalue weighted by atomic mass is 14.7. The van der Waals surface area contributed by atoms with Crippen molar-refractivity contribution in [3.05, 3.63) is 0 Å². The van der Waals surface area contributed by atoms with Crippen LogP contribution in [-0.2, 0) is 0 Å². The first-order valence-electron chi connectivity index (χ1n) is 9.77. The van der Waals surface area contributed by atoms with Crippen molar-refractivity contribution in [1.29, 1.82) is 0 Å². The number of nitrogens with two attached hydrogens (primary N) is 1. The minimum atomic E-state index is -0.00285. The van der Waals surface area contributed by atoms with Crippen LogP contribution >= 0.6 is 0 Å². The minimum Gasteiger partial charge on any atom is -0.325 e. The van der Waals surface area contributed by atoms with Gasteiger partial charge < -0.3 is 5.73 Å². The highest BCUT2D eigenvalue weighted by Gasteiger charge is 2.19. The normalized spacial score (nSPS) is 13.6. The van der Waals surface area contributed by atoms with Crippen LogP contribution in [0.15, 0.2) is 0 Å². The number of unbranched alkanes of at least 4 members (excludes halogenated alkanes) is 12. The Labute approximate surface area is 135 Å². The first-order chi connectivity index (χ1) is 9.98. The van der Waals surface area contributed by atoms with Crippen molar-refractivity contribution in [2.24, 2.45) is 11.7 Å². The molecule has 0 rings (SSSR count). The van der Waals surface area contributed by atoms with Crippen LogP contribution in [0.4, 0.5) is 0 Å². The highest BCUT2D eigenvalue weighted by molar-refractivity contribution is 4.78. The topological polar surface area (TPSA) is 26.0 Å². The summed E-state index contributed by atoms with van der Waals surface area (Å²) < 4.78 is 0. The molecule has 1 nitrogen and oxygen atoms in total. The van der Waals surface area contributed by atoms with Gasteiger partial charge in [0.2, 0.25) is 0 Å². The summed E-state index contributed by atoms with van der Waals surface area (Å²) >= 11 is 0. The Balaban J connectivity index is 3.13. The average Bonchev–Trinajstić information content (AvgIpc) is 2.42. The fourth-order valence-corrected chi connectivity index (χ4v) is 2.84. The van der Waals surface area contributed by atoms with Gasteiger partial charge in [-0.15, -0.1) is 0 Å². The Bertz CT molecular complexity index is 204. The van der Waals surface area contributed by atoms with E-state index in [0.29, 0.717) is 5.92 Å². The monoisotopic (exact) mass is 297 g/mol. The van der Waals surface area contributed by atoms with Crippen LogP contribution in [0.3, 0.4) is 0 Å². The molecule has 1 unspecified atom stereocenters. The van der Waals surface area contributed by atoms with Gasteiger partial charge in [-0.05, 0) is 26.2 Å². The second-order valence-electron chi connectivity index (χ2n) is 7.75. The SMILES string of the molecule is CCCCCCCCCCCCCCCC(C)C(C)(C)N. The molecule has 0 spiro atoms. The van der Waals surface area contributed by atoms with E-state index in [4.69, 9.17) is 5.73 Å². The summed E-state index contributed by atoms with van der Waals surface area (Å²) in [4.78, 5) is 0. The molecule has 128 valence electrons. The van der Waals surface area contributed by atoms with Crippen molar-refractivity contribution in [1.82, 2.24) is 0 Å². The highest BCUT2D eigenvalue weighted by Crippen LogP contribution is 2.20. The molecule has 1 atom stereocenters. The molecule has 0 heterocycles. The molecular formula is C20H43N. The fraction of sp³-hybridized carbons (Fsp3) is 1.00. The maximum absolute atomic E-state index is 6.13. The molecular weight excluding hydrogens is 254 g/mol. The van der Waals surface area contributed by atoms with Crippen molar-refractivity contribution in [2.75, 3.05) is 0 Å². The van der Waals surface area contributed by atoms with Crippen LogP contribution < -0.4 is 5.73 Å². The molecule has 0 aliphatic rings. The average molecular weight is 298 g/mol. The molecule has 0 saturated carbocycles. The lowest BCUT2D eigenvalue weighted by molar-refractivity contribution is 0.316. The molecule has 2 N–H and O–H groups in total. The van der Waals surface area contributed by atoms with E-state index < -0.39 is 0 Å². The smallest absolute Gasteiger partial charge is 0.0123 e. The van der Waals surface area contributed by atoms with Gasteiger partial charge in [-0.2, -0.15) is 0 Å². The second kappa shape index (κ2) is 13.6. The van der Waals surface area contributed by atoms with Crippen LogP contribution in [0, 0.1) is 5.92 Å². The number of rotatable bonds is 15. The molecule has 0 aromatic heterocycles. The lowest BCUT2D eigenvalue weighted by atomic mass is 9.86. The van der Waals surface area contributed by atoms with Gasteiger partial charge >= 0.3 is 0 Å². The van der Waals surface area contributed by atoms with Crippen LogP contribution in [0.2, 0.25) is 0 Å². The summed E-state index contributed by atoms with van der Waals surface area (Å²) in [6.45, 7) is 8.89. The summed E-state index contributed by atoms with van der Waals surface area (Å²) in [5, 5.41) is 0. The Morgan fingerprint density at radius 1 is 0.667 bits per heavy atom. The quantitative estimate of drug-likeness (QED) is 0.329. The maximum atomic E-state index is 6.13. The van der Waals surface area contributed by atoms with Gasteiger partial charge in [0.15, 0.2) is 0 Å². The Morgan fingerprint density at radius 3 is 1.33 bits per heavy atom. The largest absolute Gasteiger partial charge is 0.325 e. The molecule has 21 heavy (non-hydrogen) atoms. The first-order valence-corrected chi connectivity index (χ1v) is 9.77. The van der Waals surface area contributed by atoms with E-state index in [2.05, 4.69) is 27.7 Å². The van der Waals surface area contributed by atoms with Gasteiger partial charge in [0.1, 0.15) is 0 Å². The molecule has 0 aliphatic heterocycles. The van der Waals surface area contributed by atoms with Gasteiger partial charge in [-0.25, -0.2) is 0 Å². The Hall–Kier alpha value is -0.0400. The van der Waals surface area contributed by atoms with Crippen molar-refractivity contribution < 1.29 is 0 Å². The molecule has 0 fully saturated rings. The van der Waals surface area contributed by atoms with E-state index in [1.807, 2.05) is 0 Å². The summed E-state index contributed by atoms with van der Waals surface area (Å²) in [5.41, 5.74) is 6.12. The minimum absolute atomic E-state index is 0.00285. The molecule has 0 aromatic rings. The predicted octanol–water partition coefficient (Wildman–Crippen LogP) is 6.84. The lowest BCUT2D eigenvalue weighted by Crippen LogP contribution is -2.39. The van der Waals surface area contributed by atoms with Crippen molar-refractivity contribution >= 4 is 0 Å². The van der Waals surface area contributed by atoms with Gasteiger partial charge in [-0.3, -0.25) is 0 Å². The summed E-state index contributed by atoms with van der Waals surface area (Å²) in [7, 11) is 0. The van der Waals surface area contributed by atoms with Crippen molar-refractivity contribution in [3.8, 4) is 0 Å². The summed E-state index contributed by atoms with van der Waals surface area (Å²) in [6, 6.07) is 0. The molecule has 0 bridgehead atoms. The third-order valence-corrected chi connectivity index (χ3v) is 5.01. The van der Waals surface area contributed by atoms with Crippen LogP contribution in [-0.4, -0.2) is 5.54 Å². The predicted molar refractivity (Wildman–Crippen MR) is 97.7 cm³/mol. The molecule has 0 amide bonds. The number of hydrogen-bond acceptors (Lipinski definition) is 1.